The number of phenols is 1. The average molecular weight is 465 g/mol. The summed E-state index contributed by atoms with van der Waals surface area (Å²) in [5.41, 5.74) is 0.740. The molecule has 3 rings (SSSR count). The number of H-pyrrole nitrogens is 1. The van der Waals surface area contributed by atoms with Crippen molar-refractivity contribution in [2.75, 3.05) is 11.9 Å². The number of alkyl carbamates (subject to hydrolysis) is 1. The minimum absolute atomic E-state index is 0.00127. The van der Waals surface area contributed by atoms with E-state index in [0.29, 0.717) is 18.5 Å². The first-order chi connectivity index (χ1) is 15.2. The Bertz CT molecular complexity index is 993. The van der Waals surface area contributed by atoms with Crippen LogP contribution in [-0.2, 0) is 9.53 Å². The van der Waals surface area contributed by atoms with Gasteiger partial charge in [-0.15, -0.1) is 0 Å². The maximum Gasteiger partial charge on any atom is 0.407 e. The van der Waals surface area contributed by atoms with Crippen LogP contribution in [0.15, 0.2) is 18.2 Å². The van der Waals surface area contributed by atoms with Crippen molar-refractivity contribution in [2.24, 2.45) is 0 Å². The van der Waals surface area contributed by atoms with Crippen LogP contribution in [0.2, 0.25) is 5.02 Å². The molecule has 2 amide bonds. The number of benzene rings is 1. The number of rotatable bonds is 8. The fourth-order valence-corrected chi connectivity index (χ4v) is 3.70. The highest BCUT2D eigenvalue weighted by molar-refractivity contribution is 6.31. The molecule has 0 spiro atoms. The van der Waals surface area contributed by atoms with Crippen molar-refractivity contribution in [2.45, 2.75) is 51.2 Å². The lowest BCUT2D eigenvalue weighted by Gasteiger charge is -2.14. The minimum Gasteiger partial charge on any atom is -0.507 e. The highest BCUT2D eigenvalue weighted by Crippen LogP contribution is 2.36. The van der Waals surface area contributed by atoms with E-state index in [1.54, 1.807) is 6.07 Å². The number of aldehydes is 1. The first kappa shape index (κ1) is 23.4. The summed E-state index contributed by atoms with van der Waals surface area (Å²) in [7, 11) is 0. The average Bonchev–Trinajstić information content (AvgIpc) is 3.34. The summed E-state index contributed by atoms with van der Waals surface area (Å²) in [6.45, 7) is 3.32. The number of aromatic amines is 1. The Labute approximate surface area is 189 Å². The van der Waals surface area contributed by atoms with Gasteiger partial charge in [-0.2, -0.15) is 5.10 Å². The van der Waals surface area contributed by atoms with Gasteiger partial charge in [0, 0.05) is 28.7 Å². The monoisotopic (exact) mass is 464 g/mol. The van der Waals surface area contributed by atoms with E-state index in [0.717, 1.165) is 18.5 Å². The standard InChI is InChI=1S/C21H25ClN4O6/c1-11(2)23-21(30)32-14-4-3-12(5-14)16-8-19(26-25-16)24-20(29)10-31-18-7-13(22)6-17(28)15(18)9-27/h6-9,11-12,14,28H,3-5,10H2,1-2H3,(H,23,30)(H2,24,25,26,29)/t12-,14+/m0/s1. The molecule has 1 saturated carbocycles. The van der Waals surface area contributed by atoms with Crippen LogP contribution in [0.25, 0.3) is 0 Å². The van der Waals surface area contributed by atoms with Gasteiger partial charge in [-0.3, -0.25) is 14.7 Å². The summed E-state index contributed by atoms with van der Waals surface area (Å²) < 4.78 is 10.8. The fraction of sp³-hybridized carbons (Fsp3) is 0.429. The zero-order valence-electron chi connectivity index (χ0n) is 17.7. The van der Waals surface area contributed by atoms with E-state index in [-0.39, 0.29) is 40.1 Å². The molecule has 0 radical (unpaired) electrons. The number of nitrogens with zero attached hydrogens (tertiary/aromatic N) is 1. The second-order valence-corrected chi connectivity index (χ2v) is 8.27. The summed E-state index contributed by atoms with van der Waals surface area (Å²) >= 11 is 5.85. The lowest BCUT2D eigenvalue weighted by Crippen LogP contribution is -2.33. The predicted octanol–water partition coefficient (Wildman–Crippen LogP) is 3.37. The van der Waals surface area contributed by atoms with E-state index in [1.165, 1.54) is 12.1 Å². The number of hydrogen-bond donors (Lipinski definition) is 4. The molecule has 1 aromatic heterocycles. The Morgan fingerprint density at radius 2 is 2.12 bits per heavy atom. The number of hydrogen-bond acceptors (Lipinski definition) is 7. The van der Waals surface area contributed by atoms with Crippen molar-refractivity contribution in [1.29, 1.82) is 0 Å². The Morgan fingerprint density at radius 1 is 1.34 bits per heavy atom. The molecule has 4 N–H and O–H groups in total. The molecule has 2 atom stereocenters. The molecule has 0 saturated heterocycles. The summed E-state index contributed by atoms with van der Waals surface area (Å²) in [6, 6.07) is 4.28. The van der Waals surface area contributed by atoms with Crippen molar-refractivity contribution >= 4 is 35.7 Å². The number of halogens is 1. The molecule has 10 nitrogen and oxygen atoms in total. The highest BCUT2D eigenvalue weighted by atomic mass is 35.5. The molecule has 0 unspecified atom stereocenters. The van der Waals surface area contributed by atoms with Gasteiger partial charge in [0.25, 0.3) is 5.91 Å². The molecular weight excluding hydrogens is 440 g/mol. The van der Waals surface area contributed by atoms with Crippen molar-refractivity contribution in [3.8, 4) is 11.5 Å². The number of aromatic hydroxyl groups is 1. The molecule has 0 bridgehead atoms. The molecule has 1 aromatic carbocycles. The van der Waals surface area contributed by atoms with E-state index in [9.17, 15) is 19.5 Å². The second-order valence-electron chi connectivity index (χ2n) is 7.84. The quantitative estimate of drug-likeness (QED) is 0.438. The van der Waals surface area contributed by atoms with Gasteiger partial charge < -0.3 is 25.2 Å². The van der Waals surface area contributed by atoms with Crippen LogP contribution < -0.4 is 15.4 Å². The fourth-order valence-electron chi connectivity index (χ4n) is 3.50. The van der Waals surface area contributed by atoms with Crippen LogP contribution >= 0.6 is 11.6 Å². The van der Waals surface area contributed by atoms with Gasteiger partial charge in [-0.25, -0.2) is 4.79 Å². The van der Waals surface area contributed by atoms with Crippen molar-refractivity contribution in [3.63, 3.8) is 0 Å². The molecule has 1 aliphatic rings. The lowest BCUT2D eigenvalue weighted by molar-refractivity contribution is -0.118. The number of carbonyl (C=O) groups is 3. The van der Waals surface area contributed by atoms with Crippen LogP contribution in [0.3, 0.4) is 0 Å². The summed E-state index contributed by atoms with van der Waals surface area (Å²) in [5.74, 6) is -0.384. The van der Waals surface area contributed by atoms with E-state index < -0.39 is 18.6 Å². The SMILES string of the molecule is CC(C)NC(=O)O[C@@H]1CC[C@H](c2cc(NC(=O)COc3cc(Cl)cc(O)c3C=O)n[nH]2)C1. The molecule has 32 heavy (non-hydrogen) atoms. The topological polar surface area (TPSA) is 143 Å². The molecule has 1 fully saturated rings. The van der Waals surface area contributed by atoms with Crippen LogP contribution in [0.4, 0.5) is 10.6 Å². The van der Waals surface area contributed by atoms with Gasteiger partial charge in [0.2, 0.25) is 0 Å². The van der Waals surface area contributed by atoms with Crippen LogP contribution in [0, 0.1) is 0 Å². The summed E-state index contributed by atoms with van der Waals surface area (Å²) in [4.78, 5) is 35.1. The van der Waals surface area contributed by atoms with Crippen molar-refractivity contribution < 1.29 is 29.0 Å². The third-order valence-corrected chi connectivity index (χ3v) is 5.15. The molecule has 2 aromatic rings. The molecule has 11 heteroatoms. The molecule has 0 aliphatic heterocycles. The van der Waals surface area contributed by atoms with E-state index in [1.807, 2.05) is 13.8 Å². The first-order valence-electron chi connectivity index (χ1n) is 10.2. The Kier molecular flexibility index (Phi) is 7.57. The number of carbonyl (C=O) groups excluding carboxylic acids is 3. The number of nitrogens with one attached hydrogen (secondary N) is 3. The Morgan fingerprint density at radius 3 is 2.84 bits per heavy atom. The third-order valence-electron chi connectivity index (χ3n) is 4.93. The third kappa shape index (κ3) is 6.13. The maximum atomic E-state index is 12.2. The van der Waals surface area contributed by atoms with Gasteiger partial charge in [0.1, 0.15) is 17.6 Å². The van der Waals surface area contributed by atoms with E-state index >= 15 is 0 Å². The van der Waals surface area contributed by atoms with Gasteiger partial charge in [-0.1, -0.05) is 11.6 Å². The zero-order valence-corrected chi connectivity index (χ0v) is 18.4. The maximum absolute atomic E-state index is 12.2. The van der Waals surface area contributed by atoms with Crippen LogP contribution in [0.1, 0.15) is 55.1 Å². The highest BCUT2D eigenvalue weighted by Gasteiger charge is 2.30. The lowest BCUT2D eigenvalue weighted by atomic mass is 10.0. The minimum atomic E-state index is -0.502. The van der Waals surface area contributed by atoms with Gasteiger partial charge >= 0.3 is 6.09 Å². The summed E-state index contributed by atoms with van der Waals surface area (Å²) in [5, 5.41) is 22.2. The van der Waals surface area contributed by atoms with Gasteiger partial charge in [0.05, 0.1) is 5.56 Å². The second kappa shape index (κ2) is 10.4. The number of amides is 2. The first-order valence-corrected chi connectivity index (χ1v) is 10.6. The molecule has 1 heterocycles. The molecular formula is C21H25ClN4O6. The van der Waals surface area contributed by atoms with Crippen molar-refractivity contribution in [1.82, 2.24) is 15.5 Å². The molecule has 1 aliphatic carbocycles. The molecule has 172 valence electrons. The van der Waals surface area contributed by atoms with Crippen molar-refractivity contribution in [3.05, 3.63) is 34.5 Å². The van der Waals surface area contributed by atoms with Crippen LogP contribution in [0.5, 0.6) is 11.5 Å². The van der Waals surface area contributed by atoms with Gasteiger partial charge in [0.15, 0.2) is 18.7 Å². The van der Waals surface area contributed by atoms with Gasteiger partial charge in [-0.05, 0) is 45.2 Å². The largest absolute Gasteiger partial charge is 0.507 e. The van der Waals surface area contributed by atoms with Crippen LogP contribution in [-0.4, -0.2) is 52.3 Å². The Hall–Kier alpha value is -3.27. The van der Waals surface area contributed by atoms with E-state index in [4.69, 9.17) is 21.1 Å². The predicted molar refractivity (Wildman–Crippen MR) is 116 cm³/mol. The number of phenolic OH excluding ortho intramolecular Hbond substituents is 1. The normalized spacial score (nSPS) is 17.8. The van der Waals surface area contributed by atoms with E-state index in [2.05, 4.69) is 20.8 Å². The smallest absolute Gasteiger partial charge is 0.407 e. The summed E-state index contributed by atoms with van der Waals surface area (Å²) in [6.07, 6.45) is 2.06. The Balaban J connectivity index is 1.51. The number of aromatic nitrogens is 2. The number of anilines is 1. The zero-order chi connectivity index (χ0) is 23.3. The number of ether oxygens (including phenoxy) is 2.